The molecule has 7 heteroatoms. The van der Waals surface area contributed by atoms with Gasteiger partial charge in [-0.1, -0.05) is 6.07 Å². The molecule has 17 heavy (non-hydrogen) atoms. The fourth-order valence-electron chi connectivity index (χ4n) is 1.28. The van der Waals surface area contributed by atoms with Gasteiger partial charge in [-0.3, -0.25) is 4.98 Å². The van der Waals surface area contributed by atoms with Crippen LogP contribution in [0.3, 0.4) is 0 Å². The number of nitrogens with zero attached hydrogens (tertiary/aromatic N) is 1. The van der Waals surface area contributed by atoms with Crippen molar-refractivity contribution >= 4 is 5.97 Å². The number of hydrogen-bond acceptors (Lipinski definition) is 3. The molecular weight excluding hydrogens is 239 g/mol. The lowest BCUT2D eigenvalue weighted by atomic mass is 9.95. The summed E-state index contributed by atoms with van der Waals surface area (Å²) in [6.07, 6.45) is -4.38. The van der Waals surface area contributed by atoms with Crippen LogP contribution < -0.4 is 0 Å². The predicted molar refractivity (Wildman–Crippen MR) is 51.2 cm³/mol. The summed E-state index contributed by atoms with van der Waals surface area (Å²) < 4.78 is 37.6. The maximum absolute atomic E-state index is 12.5. The number of aliphatic carboxylic acids is 1. The van der Waals surface area contributed by atoms with Crippen molar-refractivity contribution < 1.29 is 28.2 Å². The van der Waals surface area contributed by atoms with Gasteiger partial charge in [0.2, 0.25) is 0 Å². The molecule has 2 N–H and O–H groups in total. The summed E-state index contributed by atoms with van der Waals surface area (Å²) in [7, 11) is 0. The third-order valence-electron chi connectivity index (χ3n) is 2.16. The van der Waals surface area contributed by atoms with Crippen LogP contribution in [0.15, 0.2) is 18.3 Å². The molecule has 0 bridgehead atoms. The first-order valence-electron chi connectivity index (χ1n) is 4.61. The second-order valence-corrected chi connectivity index (χ2v) is 3.76. The van der Waals surface area contributed by atoms with Gasteiger partial charge in [0.1, 0.15) is 5.69 Å². The summed E-state index contributed by atoms with van der Waals surface area (Å²) in [5.74, 6) is -1.59. The van der Waals surface area contributed by atoms with Crippen LogP contribution in [-0.2, 0) is 17.4 Å². The molecule has 0 aliphatic rings. The van der Waals surface area contributed by atoms with Crippen molar-refractivity contribution in [2.45, 2.75) is 25.1 Å². The summed E-state index contributed by atoms with van der Waals surface area (Å²) in [5.41, 5.74) is -3.79. The van der Waals surface area contributed by atoms with E-state index in [0.717, 1.165) is 19.2 Å². The molecule has 0 saturated heterocycles. The number of hydrogen-bond donors (Lipinski definition) is 2. The van der Waals surface area contributed by atoms with Crippen molar-refractivity contribution in [3.63, 3.8) is 0 Å². The molecule has 1 atom stereocenters. The number of alkyl halides is 3. The summed E-state index contributed by atoms with van der Waals surface area (Å²) in [6, 6.07) is 2.34. The van der Waals surface area contributed by atoms with Crippen LogP contribution in [-0.4, -0.2) is 26.8 Å². The van der Waals surface area contributed by atoms with Crippen molar-refractivity contribution in [2.75, 3.05) is 0 Å². The Morgan fingerprint density at radius 1 is 1.47 bits per heavy atom. The minimum absolute atomic E-state index is 0.354. The van der Waals surface area contributed by atoms with Crippen molar-refractivity contribution in [3.8, 4) is 0 Å². The minimum Gasteiger partial charge on any atom is -0.479 e. The van der Waals surface area contributed by atoms with E-state index >= 15 is 0 Å². The molecule has 0 amide bonds. The molecule has 94 valence electrons. The van der Waals surface area contributed by atoms with Crippen molar-refractivity contribution in [3.05, 3.63) is 29.6 Å². The first-order valence-corrected chi connectivity index (χ1v) is 4.61. The van der Waals surface area contributed by atoms with E-state index in [1.165, 1.54) is 6.07 Å². The highest BCUT2D eigenvalue weighted by molar-refractivity contribution is 5.77. The standard InChI is InChI=1S/C10H10F3NO3/c1-9(17,8(15)16)5-6-3-2-4-14-7(6)10(11,12)13/h2-4,17H,5H2,1H3,(H,15,16). The second kappa shape index (κ2) is 4.33. The van der Waals surface area contributed by atoms with Gasteiger partial charge in [0.15, 0.2) is 5.60 Å². The largest absolute Gasteiger partial charge is 0.479 e. The summed E-state index contributed by atoms with van der Waals surface area (Å²) in [4.78, 5) is 13.8. The van der Waals surface area contributed by atoms with E-state index in [1.807, 2.05) is 0 Å². The smallest absolute Gasteiger partial charge is 0.433 e. The van der Waals surface area contributed by atoms with Gasteiger partial charge in [0.05, 0.1) is 0 Å². The normalized spacial score (nSPS) is 15.4. The molecule has 0 radical (unpaired) electrons. The zero-order chi connectivity index (χ0) is 13.3. The van der Waals surface area contributed by atoms with E-state index in [2.05, 4.69) is 4.98 Å². The monoisotopic (exact) mass is 249 g/mol. The van der Waals surface area contributed by atoms with Gasteiger partial charge in [0.25, 0.3) is 0 Å². The average Bonchev–Trinajstić information content (AvgIpc) is 2.15. The van der Waals surface area contributed by atoms with Crippen molar-refractivity contribution in [1.82, 2.24) is 4.98 Å². The van der Waals surface area contributed by atoms with Crippen LogP contribution >= 0.6 is 0 Å². The average molecular weight is 249 g/mol. The third kappa shape index (κ3) is 3.16. The molecule has 0 aliphatic carbocycles. The molecule has 1 heterocycles. The Labute approximate surface area is 94.7 Å². The maximum Gasteiger partial charge on any atom is 0.433 e. The van der Waals surface area contributed by atoms with Crippen LogP contribution in [0, 0.1) is 0 Å². The van der Waals surface area contributed by atoms with Gasteiger partial charge < -0.3 is 10.2 Å². The molecule has 1 unspecified atom stereocenters. The number of carboxylic acids is 1. The second-order valence-electron chi connectivity index (χ2n) is 3.76. The molecule has 0 aromatic carbocycles. The highest BCUT2D eigenvalue weighted by atomic mass is 19.4. The lowest BCUT2D eigenvalue weighted by Gasteiger charge is -2.19. The van der Waals surface area contributed by atoms with Gasteiger partial charge in [-0.2, -0.15) is 13.2 Å². The van der Waals surface area contributed by atoms with Gasteiger partial charge in [-0.25, -0.2) is 4.79 Å². The zero-order valence-electron chi connectivity index (χ0n) is 8.82. The van der Waals surface area contributed by atoms with Gasteiger partial charge >= 0.3 is 12.1 Å². The van der Waals surface area contributed by atoms with Gasteiger partial charge in [0, 0.05) is 12.6 Å². The van der Waals surface area contributed by atoms with E-state index in [-0.39, 0.29) is 5.56 Å². The molecule has 0 spiro atoms. The number of aliphatic hydroxyl groups is 1. The molecule has 1 aromatic rings. The number of carboxylic acid groups (broad SMARTS) is 1. The number of rotatable bonds is 3. The number of pyridine rings is 1. The summed E-state index contributed by atoms with van der Waals surface area (Å²) in [5, 5.41) is 18.1. The molecule has 1 aromatic heterocycles. The zero-order valence-corrected chi connectivity index (χ0v) is 8.82. The Hall–Kier alpha value is -1.63. The summed E-state index contributed by atoms with van der Waals surface area (Å²) >= 11 is 0. The van der Waals surface area contributed by atoms with Crippen molar-refractivity contribution in [1.29, 1.82) is 0 Å². The van der Waals surface area contributed by atoms with E-state index in [4.69, 9.17) is 5.11 Å². The topological polar surface area (TPSA) is 70.4 Å². The van der Waals surface area contributed by atoms with E-state index in [0.29, 0.717) is 0 Å². The fraction of sp³-hybridized carbons (Fsp3) is 0.400. The molecule has 4 nitrogen and oxygen atoms in total. The van der Waals surface area contributed by atoms with E-state index < -0.39 is 29.9 Å². The SMILES string of the molecule is CC(O)(Cc1cccnc1C(F)(F)F)C(=O)O. The quantitative estimate of drug-likeness (QED) is 0.851. The minimum atomic E-state index is -4.68. The predicted octanol–water partition coefficient (Wildman–Crippen LogP) is 1.48. The Morgan fingerprint density at radius 2 is 2.06 bits per heavy atom. The highest BCUT2D eigenvalue weighted by Gasteiger charge is 2.38. The number of halogens is 3. The van der Waals surface area contributed by atoms with Gasteiger partial charge in [-0.05, 0) is 18.6 Å². The number of carbonyl (C=O) groups is 1. The molecule has 0 saturated carbocycles. The van der Waals surface area contributed by atoms with Crippen LogP contribution in [0.5, 0.6) is 0 Å². The maximum atomic E-state index is 12.5. The molecular formula is C10H10F3NO3. The van der Waals surface area contributed by atoms with E-state index in [1.54, 1.807) is 0 Å². The highest BCUT2D eigenvalue weighted by Crippen LogP contribution is 2.31. The summed E-state index contributed by atoms with van der Waals surface area (Å²) in [6.45, 7) is 0.933. The number of aromatic nitrogens is 1. The van der Waals surface area contributed by atoms with Crippen molar-refractivity contribution in [2.24, 2.45) is 0 Å². The first kappa shape index (κ1) is 13.4. The lowest BCUT2D eigenvalue weighted by Crippen LogP contribution is -2.37. The Kier molecular flexibility index (Phi) is 3.42. The van der Waals surface area contributed by atoms with Crippen LogP contribution in [0.25, 0.3) is 0 Å². The first-order chi connectivity index (χ1) is 7.64. The van der Waals surface area contributed by atoms with E-state index in [9.17, 15) is 23.1 Å². The molecule has 1 rings (SSSR count). The van der Waals surface area contributed by atoms with Crippen LogP contribution in [0.2, 0.25) is 0 Å². The fourth-order valence-corrected chi connectivity index (χ4v) is 1.28. The Morgan fingerprint density at radius 3 is 2.53 bits per heavy atom. The molecule has 0 aliphatic heterocycles. The van der Waals surface area contributed by atoms with Gasteiger partial charge in [-0.15, -0.1) is 0 Å². The lowest BCUT2D eigenvalue weighted by molar-refractivity contribution is -0.157. The van der Waals surface area contributed by atoms with Crippen LogP contribution in [0.1, 0.15) is 18.2 Å². The molecule has 0 fully saturated rings. The Bertz CT molecular complexity index is 429. The third-order valence-corrected chi connectivity index (χ3v) is 2.16. The van der Waals surface area contributed by atoms with Crippen LogP contribution in [0.4, 0.5) is 13.2 Å². The Balaban J connectivity index is 3.12.